The molecular formula is C47H79N3O6. The largest absolute Gasteiger partial charge is 0.481 e. The highest BCUT2D eigenvalue weighted by Crippen LogP contribution is 2.78. The van der Waals surface area contributed by atoms with Crippen LogP contribution in [0.2, 0.25) is 0 Å². The molecule has 0 spiro atoms. The number of hydrogen-bond donors (Lipinski definition) is 1. The van der Waals surface area contributed by atoms with Gasteiger partial charge < -0.3 is 24.5 Å². The van der Waals surface area contributed by atoms with Crippen LogP contribution in [-0.4, -0.2) is 96.5 Å². The predicted octanol–water partition coefficient (Wildman–Crippen LogP) is 8.71. The van der Waals surface area contributed by atoms with Crippen molar-refractivity contribution in [2.45, 2.75) is 152 Å². The minimum Gasteiger partial charge on any atom is -0.481 e. The van der Waals surface area contributed by atoms with E-state index in [0.717, 1.165) is 57.9 Å². The molecule has 5 saturated carbocycles. The molecule has 0 aromatic rings. The molecule has 6 aliphatic rings. The Morgan fingerprint density at radius 1 is 0.893 bits per heavy atom. The van der Waals surface area contributed by atoms with E-state index in [-0.39, 0.29) is 77.8 Å². The molecule has 6 rings (SSSR count). The highest BCUT2D eigenvalue weighted by atomic mass is 16.5. The zero-order chi connectivity index (χ0) is 40.5. The number of carboxylic acids is 1. The number of carboxylic acid groups (broad SMARTS) is 1. The summed E-state index contributed by atoms with van der Waals surface area (Å²) >= 11 is 0. The number of nitrogens with zero attached hydrogens (tertiary/aromatic N) is 3. The Labute approximate surface area is 340 Å². The van der Waals surface area contributed by atoms with Crippen molar-refractivity contribution in [1.29, 1.82) is 0 Å². The van der Waals surface area contributed by atoms with Gasteiger partial charge in [0.25, 0.3) is 0 Å². The summed E-state index contributed by atoms with van der Waals surface area (Å²) in [7, 11) is 4.05. The Morgan fingerprint density at radius 2 is 1.59 bits per heavy atom. The monoisotopic (exact) mass is 782 g/mol. The molecule has 2 amide bonds. The summed E-state index contributed by atoms with van der Waals surface area (Å²) in [4.78, 5) is 58.0. The van der Waals surface area contributed by atoms with Crippen LogP contribution in [0.15, 0.2) is 12.2 Å². The average molecular weight is 782 g/mol. The number of amides is 2. The number of esters is 1. The predicted molar refractivity (Wildman–Crippen MR) is 223 cm³/mol. The van der Waals surface area contributed by atoms with E-state index in [9.17, 15) is 24.3 Å². The molecule has 1 saturated heterocycles. The molecule has 5 aliphatic carbocycles. The number of allylic oxidation sites excluding steroid dienone is 1. The second-order valence-corrected chi connectivity index (χ2v) is 22.0. The summed E-state index contributed by atoms with van der Waals surface area (Å²) in [6.07, 6.45) is 11.4. The Kier molecular flexibility index (Phi) is 12.5. The van der Waals surface area contributed by atoms with Crippen LogP contribution in [0.1, 0.15) is 146 Å². The number of piperazine rings is 1. The first-order chi connectivity index (χ1) is 25.5. The molecule has 9 heteroatoms. The van der Waals surface area contributed by atoms with Gasteiger partial charge in [-0.05, 0) is 142 Å². The standard InChI is InChI=1S/C46H75N3O6.CH4/c1-30(2)31-14-19-46(26-36(50)49-25-24-48(37(51)29-49)23-22-47(10)11)21-20-44(8)32(40(31)46)12-13-34-43(7)17-16-35(42(5,6)33(43)15-18-45(34,44)9)55-39(54)28-41(3,4)27-38(52)53;/h31-35,40H,1,12-29H2,2-11H3,(H,52,53);1H4/t31-,32+,33-,34+,35-,40+,43-,44+,45+,46+;/m0./s1. The summed E-state index contributed by atoms with van der Waals surface area (Å²) in [6, 6.07) is 0. The number of hydrogen-bond acceptors (Lipinski definition) is 6. The zero-order valence-corrected chi connectivity index (χ0v) is 36.2. The SMILES string of the molecule is C.C=C(C)[C@@H]1CC[C@]2(CC(=O)N3CCN(CCN(C)C)C(=O)C3)CC[C@]3(C)[C@H](CC[C@@H]4[C@@]5(C)CC[C@H](OC(=O)CC(C)(C)CC(=O)O)C(C)(C)[C@@H]5CC[C@]43C)[C@@H]12. The van der Waals surface area contributed by atoms with Gasteiger partial charge in [0.05, 0.1) is 19.4 Å². The van der Waals surface area contributed by atoms with Crippen molar-refractivity contribution in [1.82, 2.24) is 14.7 Å². The molecule has 1 aliphatic heterocycles. The van der Waals surface area contributed by atoms with Crippen LogP contribution in [0.3, 0.4) is 0 Å². The van der Waals surface area contributed by atoms with Crippen molar-refractivity contribution in [3.8, 4) is 0 Å². The van der Waals surface area contributed by atoms with Gasteiger partial charge in [-0.2, -0.15) is 0 Å². The first kappa shape index (κ1) is 44.7. The van der Waals surface area contributed by atoms with Crippen LogP contribution in [0.25, 0.3) is 0 Å². The van der Waals surface area contributed by atoms with E-state index in [1.807, 2.05) is 37.7 Å². The Bertz CT molecular complexity index is 1540. The van der Waals surface area contributed by atoms with Crippen molar-refractivity contribution >= 4 is 23.8 Å². The molecule has 0 aromatic carbocycles. The van der Waals surface area contributed by atoms with Gasteiger partial charge in [0.15, 0.2) is 0 Å². The smallest absolute Gasteiger partial charge is 0.306 e. The minimum atomic E-state index is -0.890. The van der Waals surface area contributed by atoms with Gasteiger partial charge in [-0.25, -0.2) is 0 Å². The molecule has 0 bridgehead atoms. The molecule has 1 heterocycles. The van der Waals surface area contributed by atoms with E-state index in [2.05, 4.69) is 53.0 Å². The van der Waals surface area contributed by atoms with Crippen LogP contribution in [0.4, 0.5) is 0 Å². The van der Waals surface area contributed by atoms with Gasteiger partial charge >= 0.3 is 11.9 Å². The fraction of sp³-hybridized carbons (Fsp3) is 0.872. The van der Waals surface area contributed by atoms with Crippen molar-refractivity contribution in [3.63, 3.8) is 0 Å². The van der Waals surface area contributed by atoms with E-state index in [0.29, 0.717) is 55.6 Å². The fourth-order valence-electron chi connectivity index (χ4n) is 14.7. The topological polar surface area (TPSA) is 107 Å². The van der Waals surface area contributed by atoms with Crippen LogP contribution in [0, 0.1) is 62.1 Å². The van der Waals surface area contributed by atoms with Crippen molar-refractivity contribution in [2.75, 3.05) is 46.8 Å². The maximum absolute atomic E-state index is 14.3. The molecule has 0 aromatic heterocycles. The first-order valence-electron chi connectivity index (χ1n) is 21.8. The molecule has 0 radical (unpaired) electrons. The molecule has 6 fully saturated rings. The molecule has 0 unspecified atom stereocenters. The number of rotatable bonds is 11. The summed E-state index contributed by atoms with van der Waals surface area (Å²) in [5.74, 6) is 1.48. The lowest BCUT2D eigenvalue weighted by molar-refractivity contribution is -0.250. The second kappa shape index (κ2) is 15.6. The third kappa shape index (κ3) is 7.62. The molecular weight excluding hydrogens is 703 g/mol. The summed E-state index contributed by atoms with van der Waals surface area (Å²) in [5.41, 5.74) is 0.846. The third-order valence-electron chi connectivity index (χ3n) is 17.7. The lowest BCUT2D eigenvalue weighted by Crippen LogP contribution is -2.67. The lowest BCUT2D eigenvalue weighted by atomic mass is 9.32. The fourth-order valence-corrected chi connectivity index (χ4v) is 14.7. The number of aliphatic carboxylic acids is 1. The van der Waals surface area contributed by atoms with E-state index in [1.165, 1.54) is 18.4 Å². The van der Waals surface area contributed by atoms with Gasteiger partial charge in [0.2, 0.25) is 11.8 Å². The maximum atomic E-state index is 14.3. The normalized spacial score (nSPS) is 39.1. The number of ether oxygens (including phenoxy) is 1. The van der Waals surface area contributed by atoms with Crippen molar-refractivity contribution < 1.29 is 29.0 Å². The van der Waals surface area contributed by atoms with E-state index in [4.69, 9.17) is 4.74 Å². The first-order valence-corrected chi connectivity index (χ1v) is 21.8. The molecule has 9 nitrogen and oxygen atoms in total. The number of fused-ring (bicyclic) bond motifs is 7. The van der Waals surface area contributed by atoms with Gasteiger partial charge in [-0.1, -0.05) is 68.0 Å². The highest BCUT2D eigenvalue weighted by Gasteiger charge is 2.71. The minimum absolute atomic E-state index is 0. The van der Waals surface area contributed by atoms with Gasteiger partial charge in [-0.3, -0.25) is 19.2 Å². The van der Waals surface area contributed by atoms with Crippen molar-refractivity contribution in [3.05, 3.63) is 12.2 Å². The van der Waals surface area contributed by atoms with Crippen LogP contribution in [-0.2, 0) is 23.9 Å². The van der Waals surface area contributed by atoms with E-state index >= 15 is 0 Å². The second-order valence-electron chi connectivity index (χ2n) is 22.0. The summed E-state index contributed by atoms with van der Waals surface area (Å²) < 4.78 is 6.29. The van der Waals surface area contributed by atoms with Gasteiger partial charge in [0.1, 0.15) is 6.10 Å². The number of likely N-dealkylation sites (N-methyl/N-ethyl adjacent to an activating group) is 1. The Hall–Kier alpha value is -2.42. The van der Waals surface area contributed by atoms with Gasteiger partial charge in [-0.15, -0.1) is 0 Å². The van der Waals surface area contributed by atoms with E-state index in [1.54, 1.807) is 0 Å². The molecule has 318 valence electrons. The summed E-state index contributed by atoms with van der Waals surface area (Å²) in [5, 5.41) is 9.37. The van der Waals surface area contributed by atoms with E-state index < -0.39 is 11.4 Å². The highest BCUT2D eigenvalue weighted by molar-refractivity contribution is 5.86. The lowest BCUT2D eigenvalue weighted by Gasteiger charge is -2.73. The molecule has 10 atom stereocenters. The average Bonchev–Trinajstić information content (AvgIpc) is 3.44. The summed E-state index contributed by atoms with van der Waals surface area (Å²) in [6.45, 7) is 25.9. The quantitative estimate of drug-likeness (QED) is 0.165. The zero-order valence-electron chi connectivity index (χ0n) is 36.2. The third-order valence-corrected chi connectivity index (χ3v) is 17.7. The molecule has 1 N–H and O–H groups in total. The van der Waals surface area contributed by atoms with Gasteiger partial charge in [0, 0.05) is 38.0 Å². The number of carbonyl (C=O) groups excluding carboxylic acids is 3. The van der Waals surface area contributed by atoms with Crippen LogP contribution in [0.5, 0.6) is 0 Å². The molecule has 56 heavy (non-hydrogen) atoms. The Balaban J connectivity index is 0.00000600. The van der Waals surface area contributed by atoms with Crippen LogP contribution >= 0.6 is 0 Å². The Morgan fingerprint density at radius 3 is 2.21 bits per heavy atom. The number of carbonyl (C=O) groups is 4. The van der Waals surface area contributed by atoms with Crippen molar-refractivity contribution in [2.24, 2.45) is 62.1 Å². The van der Waals surface area contributed by atoms with Crippen LogP contribution < -0.4 is 0 Å². The maximum Gasteiger partial charge on any atom is 0.306 e.